The Hall–Kier alpha value is -2.84. The third-order valence-corrected chi connectivity index (χ3v) is 6.11. The molecule has 0 spiro atoms. The van der Waals surface area contributed by atoms with Crippen molar-refractivity contribution < 1.29 is 28.9 Å². The van der Waals surface area contributed by atoms with E-state index in [1.54, 1.807) is 30.3 Å². The van der Waals surface area contributed by atoms with E-state index in [9.17, 15) is 14.7 Å². The van der Waals surface area contributed by atoms with Gasteiger partial charge < -0.3 is 24.1 Å². The Kier molecular flexibility index (Phi) is 7.58. The monoisotopic (exact) mass is 504 g/mol. The highest BCUT2D eigenvalue weighted by Gasteiger charge is 2.36. The Morgan fingerprint density at radius 1 is 1.15 bits per heavy atom. The minimum absolute atomic E-state index is 0.0465. The predicted octanol–water partition coefficient (Wildman–Crippen LogP) is 6.02. The number of para-hydroxylation sites is 1. The lowest BCUT2D eigenvalue weighted by Gasteiger charge is -2.36. The Morgan fingerprint density at radius 3 is 2.71 bits per heavy atom. The van der Waals surface area contributed by atoms with Crippen LogP contribution in [0.5, 0.6) is 5.75 Å². The summed E-state index contributed by atoms with van der Waals surface area (Å²) in [5, 5.41) is 20.0. The number of rotatable bonds is 7. The fraction of sp³-hybridized carbons (Fsp3) is 0.280. The first kappa shape index (κ1) is 24.3. The molecular weight excluding hydrogens is 483 g/mol. The fourth-order valence-corrected chi connectivity index (χ4v) is 4.47. The SMILES string of the molecule is O=C(O)CC/C=C\CC1COC(c2coc3c(Cl)cc(Cl)cc3c2=O)OC1c1ccccc1O. The first-order valence-electron chi connectivity index (χ1n) is 10.7. The van der Waals surface area contributed by atoms with E-state index in [-0.39, 0.29) is 51.7 Å². The van der Waals surface area contributed by atoms with Crippen molar-refractivity contribution >= 4 is 40.1 Å². The van der Waals surface area contributed by atoms with Crippen LogP contribution in [0.25, 0.3) is 11.0 Å². The van der Waals surface area contributed by atoms with Crippen LogP contribution in [0.15, 0.2) is 64.0 Å². The largest absolute Gasteiger partial charge is 0.508 e. The lowest BCUT2D eigenvalue weighted by Crippen LogP contribution is -2.32. The molecule has 0 amide bonds. The predicted molar refractivity (Wildman–Crippen MR) is 127 cm³/mol. The summed E-state index contributed by atoms with van der Waals surface area (Å²) in [5.41, 5.74) is 0.564. The maximum Gasteiger partial charge on any atom is 0.303 e. The zero-order valence-corrected chi connectivity index (χ0v) is 19.5. The van der Waals surface area contributed by atoms with E-state index >= 15 is 0 Å². The van der Waals surface area contributed by atoms with Crippen molar-refractivity contribution in [3.63, 3.8) is 0 Å². The average molecular weight is 505 g/mol. The van der Waals surface area contributed by atoms with Crippen LogP contribution in [0, 0.1) is 5.92 Å². The second kappa shape index (κ2) is 10.6. The molecule has 7 nitrogen and oxygen atoms in total. The molecule has 3 aromatic rings. The zero-order chi connectivity index (χ0) is 24.2. The van der Waals surface area contributed by atoms with E-state index in [4.69, 9.17) is 42.2 Å². The van der Waals surface area contributed by atoms with Gasteiger partial charge in [-0.3, -0.25) is 9.59 Å². The number of carboxylic acid groups (broad SMARTS) is 1. The third kappa shape index (κ3) is 5.28. The van der Waals surface area contributed by atoms with E-state index in [0.29, 0.717) is 23.4 Å². The molecular formula is C25H22Cl2O7. The number of benzene rings is 2. The molecule has 178 valence electrons. The van der Waals surface area contributed by atoms with Crippen LogP contribution in [-0.4, -0.2) is 22.8 Å². The van der Waals surface area contributed by atoms with Crippen LogP contribution in [0.4, 0.5) is 0 Å². The van der Waals surface area contributed by atoms with Crippen molar-refractivity contribution in [1.82, 2.24) is 0 Å². The highest BCUT2D eigenvalue weighted by Crippen LogP contribution is 2.42. The lowest BCUT2D eigenvalue weighted by atomic mass is 9.91. The molecule has 2 N–H and O–H groups in total. The summed E-state index contributed by atoms with van der Waals surface area (Å²) in [4.78, 5) is 23.9. The van der Waals surface area contributed by atoms with Gasteiger partial charge in [0.15, 0.2) is 11.9 Å². The van der Waals surface area contributed by atoms with Crippen molar-refractivity contribution in [3.8, 4) is 5.75 Å². The molecule has 4 rings (SSSR count). The van der Waals surface area contributed by atoms with Crippen molar-refractivity contribution in [2.45, 2.75) is 31.7 Å². The average Bonchev–Trinajstić information content (AvgIpc) is 2.80. The summed E-state index contributed by atoms with van der Waals surface area (Å²) in [6.07, 6.45) is 4.32. The highest BCUT2D eigenvalue weighted by molar-refractivity contribution is 6.38. The fourth-order valence-electron chi connectivity index (χ4n) is 3.93. The van der Waals surface area contributed by atoms with Gasteiger partial charge in [-0.05, 0) is 31.0 Å². The Morgan fingerprint density at radius 2 is 1.94 bits per heavy atom. The number of phenolic OH excluding ortho intramolecular Hbond substituents is 1. The number of carboxylic acids is 1. The second-order valence-corrected chi connectivity index (χ2v) is 8.81. The molecule has 2 aromatic carbocycles. The smallest absolute Gasteiger partial charge is 0.303 e. The molecule has 2 heterocycles. The zero-order valence-electron chi connectivity index (χ0n) is 17.9. The summed E-state index contributed by atoms with van der Waals surface area (Å²) in [7, 11) is 0. The molecule has 1 fully saturated rings. The molecule has 0 radical (unpaired) electrons. The van der Waals surface area contributed by atoms with Crippen molar-refractivity contribution in [3.05, 3.63) is 86.2 Å². The van der Waals surface area contributed by atoms with Crippen LogP contribution in [0.3, 0.4) is 0 Å². The van der Waals surface area contributed by atoms with Gasteiger partial charge in [0.05, 0.1) is 28.7 Å². The topological polar surface area (TPSA) is 106 Å². The minimum atomic E-state index is -1.03. The molecule has 0 saturated carbocycles. The molecule has 34 heavy (non-hydrogen) atoms. The minimum Gasteiger partial charge on any atom is -0.508 e. The third-order valence-electron chi connectivity index (χ3n) is 5.61. The Labute approximate surface area is 205 Å². The summed E-state index contributed by atoms with van der Waals surface area (Å²) >= 11 is 12.2. The van der Waals surface area contributed by atoms with Crippen LogP contribution < -0.4 is 5.43 Å². The van der Waals surface area contributed by atoms with E-state index in [2.05, 4.69) is 0 Å². The van der Waals surface area contributed by atoms with Crippen LogP contribution in [0.2, 0.25) is 10.0 Å². The first-order valence-corrected chi connectivity index (χ1v) is 11.4. The quantitative estimate of drug-likeness (QED) is 0.378. The van der Waals surface area contributed by atoms with Crippen LogP contribution >= 0.6 is 23.2 Å². The number of fused-ring (bicyclic) bond motifs is 1. The van der Waals surface area contributed by atoms with Crippen LogP contribution in [0.1, 0.15) is 42.8 Å². The number of carbonyl (C=O) groups is 1. The molecule has 9 heteroatoms. The standard InChI is InChI=1S/C25H22Cl2O7/c26-15-10-17-22(31)18(13-32-24(17)19(27)11-15)25-33-12-14(6-2-1-3-9-21(29)30)23(34-25)16-7-4-5-8-20(16)28/h1-2,4-5,7-8,10-11,13-14,23,25,28H,3,6,9,12H2,(H,29,30)/b2-1-. The van der Waals surface area contributed by atoms with Gasteiger partial charge in [-0.25, -0.2) is 0 Å². The summed E-state index contributed by atoms with van der Waals surface area (Å²) in [6, 6.07) is 9.79. The lowest BCUT2D eigenvalue weighted by molar-refractivity contribution is -0.244. The number of allylic oxidation sites excluding steroid dienone is 2. The van der Waals surface area contributed by atoms with Crippen LogP contribution in [-0.2, 0) is 14.3 Å². The Bertz CT molecular complexity index is 1280. The molecule has 1 aliphatic heterocycles. The number of aromatic hydroxyl groups is 1. The number of ether oxygens (including phenoxy) is 2. The molecule has 3 unspecified atom stereocenters. The van der Waals surface area contributed by atoms with Gasteiger partial charge in [-0.15, -0.1) is 0 Å². The maximum atomic E-state index is 13.2. The Balaban J connectivity index is 1.63. The van der Waals surface area contributed by atoms with Crippen molar-refractivity contribution in [1.29, 1.82) is 0 Å². The molecule has 1 saturated heterocycles. The first-order chi connectivity index (χ1) is 16.3. The van der Waals surface area contributed by atoms with Gasteiger partial charge in [0.2, 0.25) is 5.43 Å². The molecule has 3 atom stereocenters. The number of halogens is 2. The molecule has 1 aromatic heterocycles. The van der Waals surface area contributed by atoms with Gasteiger partial charge in [-0.1, -0.05) is 53.6 Å². The normalized spacial score (nSPS) is 20.7. The maximum absolute atomic E-state index is 13.2. The summed E-state index contributed by atoms with van der Waals surface area (Å²) < 4.78 is 17.7. The van der Waals surface area contributed by atoms with Gasteiger partial charge >= 0.3 is 5.97 Å². The van der Waals surface area contributed by atoms with Gasteiger partial charge in [0.25, 0.3) is 0 Å². The van der Waals surface area contributed by atoms with E-state index < -0.39 is 18.4 Å². The molecule has 1 aliphatic rings. The van der Waals surface area contributed by atoms with E-state index in [1.165, 1.54) is 18.4 Å². The van der Waals surface area contributed by atoms with Gasteiger partial charge in [-0.2, -0.15) is 0 Å². The van der Waals surface area contributed by atoms with Crippen molar-refractivity contribution in [2.75, 3.05) is 6.61 Å². The second-order valence-electron chi connectivity index (χ2n) is 7.96. The molecule has 0 aliphatic carbocycles. The van der Waals surface area contributed by atoms with Crippen molar-refractivity contribution in [2.24, 2.45) is 5.92 Å². The number of hydrogen-bond acceptors (Lipinski definition) is 6. The van der Waals surface area contributed by atoms with E-state index in [0.717, 1.165) is 0 Å². The number of hydrogen-bond donors (Lipinski definition) is 2. The molecule has 0 bridgehead atoms. The summed E-state index contributed by atoms with van der Waals surface area (Å²) in [6.45, 7) is 0.237. The van der Waals surface area contributed by atoms with E-state index in [1.807, 2.05) is 6.08 Å². The van der Waals surface area contributed by atoms with Gasteiger partial charge in [0, 0.05) is 22.9 Å². The number of phenols is 1. The summed E-state index contributed by atoms with van der Waals surface area (Å²) in [5.74, 6) is -0.972. The highest BCUT2D eigenvalue weighted by atomic mass is 35.5. The van der Waals surface area contributed by atoms with Gasteiger partial charge in [0.1, 0.15) is 12.0 Å². The number of aliphatic carboxylic acids is 1.